The molecule has 5 rings (SSSR count). The van der Waals surface area contributed by atoms with Gasteiger partial charge in [-0.15, -0.1) is 0 Å². The molecule has 0 bridgehead atoms. The van der Waals surface area contributed by atoms with Crippen LogP contribution in [0.5, 0.6) is 0 Å². The van der Waals surface area contributed by atoms with Crippen molar-refractivity contribution in [2.45, 2.75) is 112 Å². The molecular weight excluding hydrogens is 392 g/mol. The molecule has 0 amide bonds. The summed E-state index contributed by atoms with van der Waals surface area (Å²) in [6.45, 7) is 19.7. The summed E-state index contributed by atoms with van der Waals surface area (Å²) in [6, 6.07) is 0. The van der Waals surface area contributed by atoms with Crippen molar-refractivity contribution in [1.29, 1.82) is 0 Å². The standard InChI is InChI=1S/C30H50O2/c1-19(2)20-10-15-30(18-31)17-16-28(6)21(25(20)30)8-9-23-27(5)13-12-24(32)26(3,4)22(27)11-14-29(23,28)7/h20-25,31-32H,1,8-18H2,2-7H3/t20-,21-,22-,23+,24-,25-,27-,28+,29+,30+/m0/s1. The lowest BCUT2D eigenvalue weighted by atomic mass is 9.32. The molecule has 0 heterocycles. The Morgan fingerprint density at radius 1 is 0.812 bits per heavy atom. The van der Waals surface area contributed by atoms with Gasteiger partial charge in [-0.1, -0.05) is 46.8 Å². The summed E-state index contributed by atoms with van der Waals surface area (Å²) >= 11 is 0. The summed E-state index contributed by atoms with van der Waals surface area (Å²) in [5, 5.41) is 21.5. The van der Waals surface area contributed by atoms with E-state index in [1.165, 1.54) is 63.4 Å². The maximum atomic E-state index is 10.9. The molecule has 2 nitrogen and oxygen atoms in total. The largest absolute Gasteiger partial charge is 0.396 e. The van der Waals surface area contributed by atoms with E-state index in [4.69, 9.17) is 0 Å². The van der Waals surface area contributed by atoms with Crippen LogP contribution in [0.2, 0.25) is 0 Å². The third-order valence-corrected chi connectivity index (χ3v) is 13.5. The minimum atomic E-state index is -0.147. The van der Waals surface area contributed by atoms with Gasteiger partial charge in [-0.25, -0.2) is 0 Å². The minimum Gasteiger partial charge on any atom is -0.396 e. The molecule has 5 aliphatic rings. The Morgan fingerprint density at radius 3 is 2.19 bits per heavy atom. The normalized spacial score (nSPS) is 56.5. The van der Waals surface area contributed by atoms with Gasteiger partial charge in [0, 0.05) is 6.61 Å². The fourth-order valence-electron chi connectivity index (χ4n) is 11.5. The third-order valence-electron chi connectivity index (χ3n) is 13.5. The van der Waals surface area contributed by atoms with Crippen LogP contribution in [0.4, 0.5) is 0 Å². The summed E-state index contributed by atoms with van der Waals surface area (Å²) in [7, 11) is 0. The first kappa shape index (κ1) is 23.4. The fraction of sp³-hybridized carbons (Fsp3) is 0.933. The van der Waals surface area contributed by atoms with Crippen molar-refractivity contribution in [1.82, 2.24) is 0 Å². The molecule has 0 aromatic carbocycles. The first-order valence-corrected chi connectivity index (χ1v) is 13.8. The zero-order valence-electron chi connectivity index (χ0n) is 21.8. The van der Waals surface area contributed by atoms with E-state index in [9.17, 15) is 10.2 Å². The van der Waals surface area contributed by atoms with E-state index < -0.39 is 0 Å². The van der Waals surface area contributed by atoms with Crippen molar-refractivity contribution >= 4 is 0 Å². The highest BCUT2D eigenvalue weighted by Gasteiger charge is 2.70. The maximum absolute atomic E-state index is 10.9. The van der Waals surface area contributed by atoms with Crippen LogP contribution >= 0.6 is 0 Å². The van der Waals surface area contributed by atoms with Crippen LogP contribution in [0.25, 0.3) is 0 Å². The summed E-state index contributed by atoms with van der Waals surface area (Å²) in [5.74, 6) is 3.33. The molecule has 5 fully saturated rings. The number of hydrogen-bond acceptors (Lipinski definition) is 2. The van der Waals surface area contributed by atoms with Crippen LogP contribution in [-0.2, 0) is 0 Å². The van der Waals surface area contributed by atoms with E-state index in [0.29, 0.717) is 40.6 Å². The monoisotopic (exact) mass is 442 g/mol. The Balaban J connectivity index is 1.55. The van der Waals surface area contributed by atoms with Crippen molar-refractivity contribution < 1.29 is 10.2 Å². The summed E-state index contributed by atoms with van der Waals surface area (Å²) in [5.41, 5.74) is 2.60. The van der Waals surface area contributed by atoms with Gasteiger partial charge in [-0.05, 0) is 128 Å². The fourth-order valence-corrected chi connectivity index (χ4v) is 11.5. The molecule has 0 radical (unpaired) electrons. The SMILES string of the molecule is C=C(C)[C@@H]1CC[C@]2(CO)CC[C@]3(C)[C@@H](CC[C@@H]4[C@@]5(C)CC[C@H](O)C(C)(C)[C@@H]5CC[C@]43C)[C@H]12. The van der Waals surface area contributed by atoms with Crippen molar-refractivity contribution in [2.75, 3.05) is 6.61 Å². The lowest BCUT2D eigenvalue weighted by molar-refractivity contribution is -0.249. The van der Waals surface area contributed by atoms with Crippen LogP contribution in [0.1, 0.15) is 106 Å². The summed E-state index contributed by atoms with van der Waals surface area (Å²) < 4.78 is 0. The molecule has 182 valence electrons. The van der Waals surface area contributed by atoms with Crippen LogP contribution in [0.15, 0.2) is 12.2 Å². The molecule has 2 N–H and O–H groups in total. The predicted octanol–water partition coefficient (Wildman–Crippen LogP) is 7.00. The number of aliphatic hydroxyl groups excluding tert-OH is 2. The van der Waals surface area contributed by atoms with E-state index in [1.54, 1.807) is 0 Å². The van der Waals surface area contributed by atoms with Gasteiger partial charge < -0.3 is 10.2 Å². The van der Waals surface area contributed by atoms with E-state index in [1.807, 2.05) is 0 Å². The van der Waals surface area contributed by atoms with Gasteiger partial charge in [-0.2, -0.15) is 0 Å². The highest BCUT2D eigenvalue weighted by molar-refractivity contribution is 5.21. The number of rotatable bonds is 2. The quantitative estimate of drug-likeness (QED) is 0.452. The Kier molecular flexibility index (Phi) is 5.19. The molecular formula is C30H50O2. The lowest BCUT2D eigenvalue weighted by Gasteiger charge is -2.73. The molecule has 0 aromatic rings. The molecule has 5 saturated carbocycles. The Bertz CT molecular complexity index is 786. The summed E-state index contributed by atoms with van der Waals surface area (Å²) in [6.07, 6.45) is 12.2. The van der Waals surface area contributed by atoms with Crippen molar-refractivity contribution in [2.24, 2.45) is 56.7 Å². The van der Waals surface area contributed by atoms with Crippen LogP contribution in [0.3, 0.4) is 0 Å². The molecule has 0 aliphatic heterocycles. The van der Waals surface area contributed by atoms with Gasteiger partial charge in [0.1, 0.15) is 0 Å². The van der Waals surface area contributed by atoms with Gasteiger partial charge in [0.25, 0.3) is 0 Å². The second-order valence-electron chi connectivity index (χ2n) is 14.6. The first-order chi connectivity index (χ1) is 14.9. The molecule has 0 aromatic heterocycles. The Morgan fingerprint density at radius 2 is 1.53 bits per heavy atom. The highest BCUT2D eigenvalue weighted by Crippen LogP contribution is 2.77. The van der Waals surface area contributed by atoms with Crippen LogP contribution in [0, 0.1) is 56.7 Å². The van der Waals surface area contributed by atoms with Gasteiger partial charge in [0.2, 0.25) is 0 Å². The average Bonchev–Trinajstić information content (AvgIpc) is 3.12. The van der Waals surface area contributed by atoms with E-state index in [2.05, 4.69) is 48.1 Å². The van der Waals surface area contributed by atoms with Crippen LogP contribution < -0.4 is 0 Å². The lowest BCUT2D eigenvalue weighted by Crippen LogP contribution is -2.66. The van der Waals surface area contributed by atoms with Gasteiger partial charge in [-0.3, -0.25) is 0 Å². The molecule has 0 saturated heterocycles. The zero-order chi connectivity index (χ0) is 23.3. The number of allylic oxidation sites excluding steroid dienone is 1. The number of hydrogen-bond donors (Lipinski definition) is 2. The topological polar surface area (TPSA) is 40.5 Å². The van der Waals surface area contributed by atoms with Crippen molar-refractivity contribution in [3.05, 3.63) is 12.2 Å². The Labute approximate surface area is 197 Å². The highest BCUT2D eigenvalue weighted by atomic mass is 16.3. The molecule has 32 heavy (non-hydrogen) atoms. The van der Waals surface area contributed by atoms with Gasteiger partial charge in [0.15, 0.2) is 0 Å². The summed E-state index contributed by atoms with van der Waals surface area (Å²) in [4.78, 5) is 0. The smallest absolute Gasteiger partial charge is 0.0594 e. The third kappa shape index (κ3) is 2.66. The molecule has 0 unspecified atom stereocenters. The van der Waals surface area contributed by atoms with Crippen molar-refractivity contribution in [3.8, 4) is 0 Å². The number of aliphatic hydroxyl groups is 2. The van der Waals surface area contributed by atoms with Gasteiger partial charge >= 0.3 is 0 Å². The molecule has 2 heteroatoms. The van der Waals surface area contributed by atoms with Crippen molar-refractivity contribution in [3.63, 3.8) is 0 Å². The average molecular weight is 443 g/mol. The van der Waals surface area contributed by atoms with E-state index in [-0.39, 0.29) is 16.9 Å². The molecule has 10 atom stereocenters. The maximum Gasteiger partial charge on any atom is 0.0594 e. The molecule has 0 spiro atoms. The second-order valence-corrected chi connectivity index (χ2v) is 14.6. The first-order valence-electron chi connectivity index (χ1n) is 13.8. The zero-order valence-corrected chi connectivity index (χ0v) is 21.8. The van der Waals surface area contributed by atoms with E-state index in [0.717, 1.165) is 18.3 Å². The minimum absolute atomic E-state index is 0.0290. The second kappa shape index (κ2) is 7.09. The predicted molar refractivity (Wildman–Crippen MR) is 132 cm³/mol. The van der Waals surface area contributed by atoms with E-state index >= 15 is 0 Å². The number of fused-ring (bicyclic) bond motifs is 7. The van der Waals surface area contributed by atoms with Crippen LogP contribution in [-0.4, -0.2) is 22.9 Å². The van der Waals surface area contributed by atoms with Gasteiger partial charge in [0.05, 0.1) is 6.10 Å². The Hall–Kier alpha value is -0.340. The molecule has 5 aliphatic carbocycles.